The molecular formula is C17H29IN4O. The van der Waals surface area contributed by atoms with Crippen LogP contribution in [0.1, 0.15) is 38.7 Å². The number of anilines is 1. The summed E-state index contributed by atoms with van der Waals surface area (Å²) < 4.78 is 0. The lowest BCUT2D eigenvalue weighted by Crippen LogP contribution is -2.38. The van der Waals surface area contributed by atoms with Crippen molar-refractivity contribution in [3.8, 4) is 0 Å². The second-order valence-corrected chi connectivity index (χ2v) is 5.26. The molecule has 0 aliphatic rings. The third kappa shape index (κ3) is 10.1. The fraction of sp³-hybridized carbons (Fsp3) is 0.529. The molecule has 0 saturated carbocycles. The quantitative estimate of drug-likeness (QED) is 0.256. The molecule has 130 valence electrons. The van der Waals surface area contributed by atoms with Crippen LogP contribution in [-0.2, 0) is 11.2 Å². The van der Waals surface area contributed by atoms with Gasteiger partial charge in [-0.1, -0.05) is 31.9 Å². The summed E-state index contributed by atoms with van der Waals surface area (Å²) in [5.41, 5.74) is 2.06. The van der Waals surface area contributed by atoms with Crippen molar-refractivity contribution < 1.29 is 4.79 Å². The SMILES string of the molecule is CCCCCNC(=NC)NCCc1ccc(NC(C)=O)cc1.I. The van der Waals surface area contributed by atoms with Gasteiger partial charge in [-0.3, -0.25) is 9.79 Å². The summed E-state index contributed by atoms with van der Waals surface area (Å²) >= 11 is 0. The molecule has 0 aliphatic heterocycles. The largest absolute Gasteiger partial charge is 0.356 e. The van der Waals surface area contributed by atoms with Gasteiger partial charge in [-0.25, -0.2) is 0 Å². The van der Waals surface area contributed by atoms with E-state index < -0.39 is 0 Å². The molecule has 5 nitrogen and oxygen atoms in total. The summed E-state index contributed by atoms with van der Waals surface area (Å²) in [5, 5.41) is 9.39. The Morgan fingerprint density at radius 3 is 2.30 bits per heavy atom. The molecule has 0 aromatic heterocycles. The molecule has 0 aliphatic carbocycles. The van der Waals surface area contributed by atoms with Crippen molar-refractivity contribution in [2.45, 2.75) is 39.5 Å². The summed E-state index contributed by atoms with van der Waals surface area (Å²) in [6.45, 7) is 5.49. The van der Waals surface area contributed by atoms with Gasteiger partial charge < -0.3 is 16.0 Å². The number of nitrogens with zero attached hydrogens (tertiary/aromatic N) is 1. The van der Waals surface area contributed by atoms with Gasteiger partial charge in [0.1, 0.15) is 0 Å². The van der Waals surface area contributed by atoms with Crippen LogP contribution in [0.15, 0.2) is 29.3 Å². The van der Waals surface area contributed by atoms with Crippen molar-refractivity contribution in [3.05, 3.63) is 29.8 Å². The lowest BCUT2D eigenvalue weighted by Gasteiger charge is -2.12. The maximum atomic E-state index is 11.0. The Labute approximate surface area is 156 Å². The first-order valence-electron chi connectivity index (χ1n) is 7.96. The third-order valence-electron chi connectivity index (χ3n) is 3.28. The predicted molar refractivity (Wildman–Crippen MR) is 109 cm³/mol. The monoisotopic (exact) mass is 432 g/mol. The van der Waals surface area contributed by atoms with E-state index in [-0.39, 0.29) is 29.9 Å². The average molecular weight is 432 g/mol. The van der Waals surface area contributed by atoms with Crippen LogP contribution in [0.4, 0.5) is 5.69 Å². The van der Waals surface area contributed by atoms with Gasteiger partial charge in [0, 0.05) is 32.7 Å². The molecule has 1 aromatic rings. The molecule has 0 bridgehead atoms. The number of unbranched alkanes of at least 4 members (excludes halogenated alkanes) is 2. The number of guanidine groups is 1. The number of hydrogen-bond acceptors (Lipinski definition) is 2. The van der Waals surface area contributed by atoms with E-state index in [1.165, 1.54) is 31.7 Å². The van der Waals surface area contributed by atoms with Crippen LogP contribution >= 0.6 is 24.0 Å². The number of carbonyl (C=O) groups excluding carboxylic acids is 1. The van der Waals surface area contributed by atoms with Gasteiger partial charge in [-0.2, -0.15) is 0 Å². The van der Waals surface area contributed by atoms with Gasteiger partial charge >= 0.3 is 0 Å². The zero-order valence-electron chi connectivity index (χ0n) is 14.3. The first kappa shape index (κ1) is 21.7. The Bertz CT molecular complexity index is 474. The van der Waals surface area contributed by atoms with E-state index in [0.717, 1.165) is 31.2 Å². The summed E-state index contributed by atoms with van der Waals surface area (Å²) in [5.74, 6) is 0.804. The number of aliphatic imine (C=N–C) groups is 1. The normalized spacial score (nSPS) is 10.7. The highest BCUT2D eigenvalue weighted by Gasteiger charge is 1.99. The molecule has 0 atom stereocenters. The summed E-state index contributed by atoms with van der Waals surface area (Å²) in [6, 6.07) is 7.91. The summed E-state index contributed by atoms with van der Waals surface area (Å²) in [7, 11) is 1.79. The highest BCUT2D eigenvalue weighted by Crippen LogP contribution is 2.09. The average Bonchev–Trinajstić information content (AvgIpc) is 2.51. The predicted octanol–water partition coefficient (Wildman–Crippen LogP) is 3.16. The van der Waals surface area contributed by atoms with Gasteiger partial charge in [-0.15, -0.1) is 24.0 Å². The fourth-order valence-electron chi connectivity index (χ4n) is 2.09. The Kier molecular flexibility index (Phi) is 12.4. The van der Waals surface area contributed by atoms with E-state index in [1.807, 2.05) is 24.3 Å². The van der Waals surface area contributed by atoms with Crippen LogP contribution < -0.4 is 16.0 Å². The maximum absolute atomic E-state index is 11.0. The molecule has 3 N–H and O–H groups in total. The van der Waals surface area contributed by atoms with E-state index in [4.69, 9.17) is 0 Å². The first-order chi connectivity index (χ1) is 10.7. The number of rotatable bonds is 8. The van der Waals surface area contributed by atoms with E-state index >= 15 is 0 Å². The van der Waals surface area contributed by atoms with Crippen molar-refractivity contribution in [3.63, 3.8) is 0 Å². The molecule has 0 heterocycles. The minimum Gasteiger partial charge on any atom is -0.356 e. The van der Waals surface area contributed by atoms with Crippen molar-refractivity contribution in [2.75, 3.05) is 25.5 Å². The number of benzene rings is 1. The van der Waals surface area contributed by atoms with Crippen molar-refractivity contribution >= 4 is 41.5 Å². The molecular weight excluding hydrogens is 403 g/mol. The van der Waals surface area contributed by atoms with Crippen LogP contribution in [-0.4, -0.2) is 32.0 Å². The van der Waals surface area contributed by atoms with Crippen molar-refractivity contribution in [1.82, 2.24) is 10.6 Å². The van der Waals surface area contributed by atoms with Gasteiger partial charge in [0.25, 0.3) is 0 Å². The number of nitrogens with one attached hydrogen (secondary N) is 3. The molecule has 23 heavy (non-hydrogen) atoms. The maximum Gasteiger partial charge on any atom is 0.221 e. The Morgan fingerprint density at radius 2 is 1.74 bits per heavy atom. The van der Waals surface area contributed by atoms with Crippen LogP contribution in [0.3, 0.4) is 0 Å². The van der Waals surface area contributed by atoms with E-state index in [9.17, 15) is 4.79 Å². The highest BCUT2D eigenvalue weighted by atomic mass is 127. The molecule has 1 rings (SSSR count). The Hall–Kier alpha value is -1.31. The molecule has 1 aromatic carbocycles. The minimum absolute atomic E-state index is 0. The Balaban J connectivity index is 0.00000484. The van der Waals surface area contributed by atoms with E-state index in [2.05, 4.69) is 27.9 Å². The topological polar surface area (TPSA) is 65.5 Å². The molecule has 0 fully saturated rings. The minimum atomic E-state index is -0.0487. The van der Waals surface area contributed by atoms with Gasteiger partial charge in [-0.05, 0) is 30.5 Å². The van der Waals surface area contributed by atoms with Crippen molar-refractivity contribution in [2.24, 2.45) is 4.99 Å². The standard InChI is InChI=1S/C17H28N4O.HI/c1-4-5-6-12-19-17(18-3)20-13-11-15-7-9-16(10-8-15)21-14(2)22;/h7-10H,4-6,11-13H2,1-3H3,(H,21,22)(H2,18,19,20);1H. The van der Waals surface area contributed by atoms with Gasteiger partial charge in [0.05, 0.1) is 0 Å². The molecule has 6 heteroatoms. The van der Waals surface area contributed by atoms with Crippen LogP contribution in [0, 0.1) is 0 Å². The molecule has 0 radical (unpaired) electrons. The number of carbonyl (C=O) groups is 1. The molecule has 1 amide bonds. The number of halogens is 1. The molecule has 0 spiro atoms. The second kappa shape index (κ2) is 13.2. The van der Waals surface area contributed by atoms with Gasteiger partial charge in [0.15, 0.2) is 5.96 Å². The van der Waals surface area contributed by atoms with Crippen LogP contribution in [0.2, 0.25) is 0 Å². The van der Waals surface area contributed by atoms with E-state index in [1.54, 1.807) is 7.05 Å². The first-order valence-corrected chi connectivity index (χ1v) is 7.96. The summed E-state index contributed by atoms with van der Waals surface area (Å²) in [4.78, 5) is 15.2. The van der Waals surface area contributed by atoms with Crippen molar-refractivity contribution in [1.29, 1.82) is 0 Å². The zero-order valence-corrected chi connectivity index (χ0v) is 16.6. The fourth-order valence-corrected chi connectivity index (χ4v) is 2.09. The zero-order chi connectivity index (χ0) is 16.2. The second-order valence-electron chi connectivity index (χ2n) is 5.26. The van der Waals surface area contributed by atoms with Crippen LogP contribution in [0.25, 0.3) is 0 Å². The lowest BCUT2D eigenvalue weighted by atomic mass is 10.1. The molecule has 0 saturated heterocycles. The van der Waals surface area contributed by atoms with Crippen LogP contribution in [0.5, 0.6) is 0 Å². The third-order valence-corrected chi connectivity index (χ3v) is 3.28. The van der Waals surface area contributed by atoms with E-state index in [0.29, 0.717) is 0 Å². The lowest BCUT2D eigenvalue weighted by molar-refractivity contribution is -0.114. The number of amides is 1. The molecule has 0 unspecified atom stereocenters. The highest BCUT2D eigenvalue weighted by molar-refractivity contribution is 14.0. The Morgan fingerprint density at radius 1 is 1.09 bits per heavy atom. The smallest absolute Gasteiger partial charge is 0.221 e. The van der Waals surface area contributed by atoms with Gasteiger partial charge in [0.2, 0.25) is 5.91 Å². The summed E-state index contributed by atoms with van der Waals surface area (Å²) in [6.07, 6.45) is 4.55. The number of hydrogen-bond donors (Lipinski definition) is 3.